The summed E-state index contributed by atoms with van der Waals surface area (Å²) in [7, 11) is 1.61. The number of methoxy groups -OCH3 is 1. The zero-order chi connectivity index (χ0) is 9.68. The first kappa shape index (κ1) is 11.2. The summed E-state index contributed by atoms with van der Waals surface area (Å²) < 4.78 is 20.6. The van der Waals surface area contributed by atoms with E-state index in [0.29, 0.717) is 0 Å². The molecule has 0 saturated carbocycles. The molecule has 1 aromatic rings. The van der Waals surface area contributed by atoms with Crippen molar-refractivity contribution >= 4 is 43.8 Å². The summed E-state index contributed by atoms with van der Waals surface area (Å²) in [6.07, 6.45) is 0. The summed E-state index contributed by atoms with van der Waals surface area (Å²) in [6.45, 7) is 0. The third-order valence-electron chi connectivity index (χ3n) is 1.35. The molecule has 1 atom stereocenters. The summed E-state index contributed by atoms with van der Waals surface area (Å²) >= 11 is 0.900. The largest absolute Gasteiger partial charge is 0.497 e. The molecule has 0 N–H and O–H groups in total. The smallest absolute Gasteiger partial charge is 0.230 e. The Morgan fingerprint density at radius 2 is 1.85 bits per heavy atom. The monoisotopic (exact) mass is 406 g/mol. The topological polar surface area (TPSA) is 35.5 Å². The van der Waals surface area contributed by atoms with E-state index in [1.54, 1.807) is 19.2 Å². The SMILES string of the molecule is COc1ccc(OC(I)I=O)cc1. The normalized spacial score (nSPS) is 12.2. The molecule has 0 spiro atoms. The summed E-state index contributed by atoms with van der Waals surface area (Å²) in [5.41, 5.74) is 0. The van der Waals surface area contributed by atoms with Crippen LogP contribution in [0, 0.1) is 0 Å². The van der Waals surface area contributed by atoms with Gasteiger partial charge in [0, 0.05) is 0 Å². The third kappa shape index (κ3) is 3.75. The second-order valence-corrected chi connectivity index (χ2v) is 7.30. The minimum atomic E-state index is -1.11. The average molecular weight is 406 g/mol. The highest BCUT2D eigenvalue weighted by Crippen LogP contribution is 2.23. The van der Waals surface area contributed by atoms with Gasteiger partial charge in [-0.2, -0.15) is 0 Å². The van der Waals surface area contributed by atoms with Crippen LogP contribution in [0.25, 0.3) is 0 Å². The van der Waals surface area contributed by atoms with Crippen molar-refractivity contribution in [2.75, 3.05) is 7.11 Å². The van der Waals surface area contributed by atoms with Gasteiger partial charge in [0.2, 0.25) is 23.3 Å². The minimum Gasteiger partial charge on any atom is -0.497 e. The molecule has 0 bridgehead atoms. The highest BCUT2D eigenvalue weighted by atomic mass is 127. The van der Waals surface area contributed by atoms with Gasteiger partial charge in [-0.05, 0) is 46.9 Å². The standard InChI is InChI=1S/C8H8I2O3/c1-12-6-2-4-7(5-3-6)13-8(9)10-11/h2-5,8H,1H3. The molecule has 3 nitrogen and oxygen atoms in total. The Morgan fingerprint density at radius 1 is 1.31 bits per heavy atom. The molecular weight excluding hydrogens is 398 g/mol. The number of hydrogen-bond donors (Lipinski definition) is 0. The number of ether oxygens (including phenoxy) is 2. The van der Waals surface area contributed by atoms with Gasteiger partial charge < -0.3 is 9.47 Å². The third-order valence-corrected chi connectivity index (χ3v) is 3.55. The van der Waals surface area contributed by atoms with Gasteiger partial charge in [-0.1, -0.05) is 0 Å². The average Bonchev–Trinajstić information content (AvgIpc) is 2.19. The Labute approximate surface area is 101 Å². The van der Waals surface area contributed by atoms with E-state index < -0.39 is 21.2 Å². The van der Waals surface area contributed by atoms with Gasteiger partial charge >= 0.3 is 0 Å². The Balaban J connectivity index is 2.63. The molecule has 13 heavy (non-hydrogen) atoms. The second-order valence-electron chi connectivity index (χ2n) is 2.14. The molecule has 1 unspecified atom stereocenters. The molecule has 0 aliphatic carbocycles. The lowest BCUT2D eigenvalue weighted by atomic mass is 10.3. The van der Waals surface area contributed by atoms with Crippen molar-refractivity contribution in [3.05, 3.63) is 24.3 Å². The molecule has 0 saturated heterocycles. The van der Waals surface area contributed by atoms with Crippen LogP contribution < -0.4 is 9.47 Å². The van der Waals surface area contributed by atoms with Crippen molar-refractivity contribution in [3.63, 3.8) is 0 Å². The maximum Gasteiger partial charge on any atom is 0.230 e. The van der Waals surface area contributed by atoms with Crippen LogP contribution in [0.4, 0.5) is 0 Å². The van der Waals surface area contributed by atoms with Crippen molar-refractivity contribution in [2.45, 2.75) is 2.12 Å². The summed E-state index contributed by atoms with van der Waals surface area (Å²) in [6, 6.07) is 7.21. The van der Waals surface area contributed by atoms with E-state index >= 15 is 0 Å². The Bertz CT molecular complexity index is 273. The molecule has 1 rings (SSSR count). The van der Waals surface area contributed by atoms with E-state index in [1.807, 2.05) is 34.7 Å². The minimum absolute atomic E-state index is 0.204. The Hall–Kier alpha value is 0.0800. The molecule has 0 aliphatic heterocycles. The molecular formula is C8H8I2O3. The first-order chi connectivity index (χ1) is 6.26. The van der Waals surface area contributed by atoms with Crippen molar-refractivity contribution in [1.29, 1.82) is 0 Å². The quantitative estimate of drug-likeness (QED) is 0.570. The number of hydrogen-bond acceptors (Lipinski definition) is 3. The summed E-state index contributed by atoms with van der Waals surface area (Å²) in [5, 5.41) is 0. The van der Waals surface area contributed by atoms with Crippen LogP contribution >= 0.6 is 43.8 Å². The molecule has 0 radical (unpaired) electrons. The van der Waals surface area contributed by atoms with E-state index in [-0.39, 0.29) is 2.12 Å². The number of rotatable bonds is 4. The predicted octanol–water partition coefficient (Wildman–Crippen LogP) is 3.11. The highest BCUT2D eigenvalue weighted by Gasteiger charge is 2.03. The fourth-order valence-corrected chi connectivity index (χ4v) is 1.47. The molecule has 1 aromatic carbocycles. The molecule has 72 valence electrons. The molecule has 5 heteroatoms. The zero-order valence-electron chi connectivity index (χ0n) is 6.87. The fraction of sp³-hybridized carbons (Fsp3) is 0.250. The van der Waals surface area contributed by atoms with E-state index in [2.05, 4.69) is 0 Å². The Kier molecular flexibility index (Phi) is 4.92. The number of halogens is 2. The van der Waals surface area contributed by atoms with Gasteiger partial charge in [0.1, 0.15) is 11.5 Å². The van der Waals surface area contributed by atoms with Crippen molar-refractivity contribution in [2.24, 2.45) is 0 Å². The Morgan fingerprint density at radius 3 is 2.31 bits per heavy atom. The highest BCUT2D eigenvalue weighted by molar-refractivity contribution is 14.2. The van der Waals surface area contributed by atoms with E-state index in [1.165, 1.54) is 0 Å². The van der Waals surface area contributed by atoms with Gasteiger partial charge in [-0.25, -0.2) is 0 Å². The van der Waals surface area contributed by atoms with Gasteiger partial charge in [0.05, 0.1) is 7.11 Å². The number of benzene rings is 1. The molecule has 0 heterocycles. The van der Waals surface area contributed by atoms with Crippen molar-refractivity contribution in [1.82, 2.24) is 0 Å². The van der Waals surface area contributed by atoms with Crippen LogP contribution in [-0.4, -0.2) is 9.23 Å². The van der Waals surface area contributed by atoms with Crippen LogP contribution in [0.2, 0.25) is 0 Å². The maximum absolute atomic E-state index is 10.5. The molecule has 0 fully saturated rings. The van der Waals surface area contributed by atoms with Crippen LogP contribution in [-0.2, 0) is 3.07 Å². The van der Waals surface area contributed by atoms with Crippen molar-refractivity contribution in [3.8, 4) is 11.5 Å². The van der Waals surface area contributed by atoms with E-state index in [9.17, 15) is 3.07 Å². The second kappa shape index (κ2) is 5.74. The van der Waals surface area contributed by atoms with Gasteiger partial charge in [-0.3, -0.25) is 3.07 Å². The van der Waals surface area contributed by atoms with Crippen molar-refractivity contribution < 1.29 is 12.5 Å². The van der Waals surface area contributed by atoms with Gasteiger partial charge in [0.15, 0.2) is 0 Å². The predicted molar refractivity (Wildman–Crippen MR) is 66.1 cm³/mol. The van der Waals surface area contributed by atoms with Crippen LogP contribution in [0.15, 0.2) is 24.3 Å². The summed E-state index contributed by atoms with van der Waals surface area (Å²) in [5.74, 6) is 1.50. The van der Waals surface area contributed by atoms with E-state index in [4.69, 9.17) is 9.47 Å². The lowest BCUT2D eigenvalue weighted by molar-refractivity contribution is 0.384. The van der Waals surface area contributed by atoms with Crippen LogP contribution in [0.1, 0.15) is 0 Å². The lowest BCUT2D eigenvalue weighted by Gasteiger charge is -2.06. The zero-order valence-corrected chi connectivity index (χ0v) is 11.2. The number of alkyl halides is 2. The molecule has 0 amide bonds. The van der Waals surface area contributed by atoms with Gasteiger partial charge in [-0.15, -0.1) is 0 Å². The first-order valence-electron chi connectivity index (χ1n) is 3.46. The fourth-order valence-electron chi connectivity index (χ4n) is 0.775. The first-order valence-corrected chi connectivity index (χ1v) is 6.84. The lowest BCUT2D eigenvalue weighted by Crippen LogP contribution is -1.98. The molecule has 0 aromatic heterocycles. The van der Waals surface area contributed by atoms with Crippen LogP contribution in [0.5, 0.6) is 11.5 Å². The van der Waals surface area contributed by atoms with Gasteiger partial charge in [0.25, 0.3) is 0 Å². The molecule has 0 aliphatic rings. The van der Waals surface area contributed by atoms with E-state index in [0.717, 1.165) is 11.5 Å². The van der Waals surface area contributed by atoms with Crippen LogP contribution in [0.3, 0.4) is 0 Å². The maximum atomic E-state index is 10.5. The summed E-state index contributed by atoms with van der Waals surface area (Å²) in [4.78, 5) is 0.